The molecule has 0 aromatic heterocycles. The molecule has 2 bridgehead atoms. The second-order valence-corrected chi connectivity index (χ2v) is 9.27. The minimum atomic E-state index is -0.743. The van der Waals surface area contributed by atoms with Crippen LogP contribution in [0, 0.1) is 23.1 Å². The lowest BCUT2D eigenvalue weighted by atomic mass is 9.93. The molecule has 3 saturated heterocycles. The molecular formula is C23H30FN5O2. The third-order valence-electron chi connectivity index (χ3n) is 6.89. The van der Waals surface area contributed by atoms with E-state index in [-0.39, 0.29) is 41.7 Å². The summed E-state index contributed by atoms with van der Waals surface area (Å²) < 4.78 is 13.4. The van der Waals surface area contributed by atoms with Crippen LogP contribution in [0.2, 0.25) is 0 Å². The molecule has 0 radical (unpaired) electrons. The van der Waals surface area contributed by atoms with Crippen molar-refractivity contribution in [1.82, 2.24) is 14.7 Å². The number of halogens is 1. The number of amides is 2. The highest BCUT2D eigenvalue weighted by Gasteiger charge is 2.52. The van der Waals surface area contributed by atoms with Gasteiger partial charge in [-0.3, -0.25) is 14.5 Å². The molecule has 31 heavy (non-hydrogen) atoms. The van der Waals surface area contributed by atoms with Gasteiger partial charge in [-0.15, -0.1) is 0 Å². The molecule has 3 aliphatic heterocycles. The fraction of sp³-hybridized carbons (Fsp3) is 0.609. The van der Waals surface area contributed by atoms with Crippen LogP contribution in [0.15, 0.2) is 24.3 Å². The van der Waals surface area contributed by atoms with Crippen LogP contribution in [0.4, 0.5) is 4.39 Å². The monoisotopic (exact) mass is 427 g/mol. The Labute approximate surface area is 182 Å². The largest absolute Gasteiger partial charge is 0.330 e. The van der Waals surface area contributed by atoms with Crippen molar-refractivity contribution in [3.8, 4) is 6.07 Å². The summed E-state index contributed by atoms with van der Waals surface area (Å²) in [5.41, 5.74) is 7.15. The van der Waals surface area contributed by atoms with Crippen LogP contribution < -0.4 is 5.73 Å². The third-order valence-corrected chi connectivity index (χ3v) is 6.89. The van der Waals surface area contributed by atoms with Gasteiger partial charge in [0.2, 0.25) is 11.8 Å². The van der Waals surface area contributed by atoms with Gasteiger partial charge in [0, 0.05) is 25.7 Å². The van der Waals surface area contributed by atoms with Gasteiger partial charge in [0.25, 0.3) is 0 Å². The first-order valence-electron chi connectivity index (χ1n) is 11.1. The summed E-state index contributed by atoms with van der Waals surface area (Å²) in [5.74, 6) is -0.261. The predicted octanol–water partition coefficient (Wildman–Crippen LogP) is 1.65. The maximum atomic E-state index is 13.4. The number of nitriles is 1. The number of likely N-dealkylation sites (tertiary alicyclic amines) is 3. The Hall–Kier alpha value is -2.50. The van der Waals surface area contributed by atoms with E-state index in [1.54, 1.807) is 17.0 Å². The van der Waals surface area contributed by atoms with Crippen molar-refractivity contribution in [3.63, 3.8) is 0 Å². The molecule has 0 saturated carbocycles. The van der Waals surface area contributed by atoms with Gasteiger partial charge in [-0.2, -0.15) is 5.26 Å². The topological polar surface area (TPSA) is 93.7 Å². The van der Waals surface area contributed by atoms with Crippen molar-refractivity contribution < 1.29 is 14.0 Å². The molecule has 2 amide bonds. The number of rotatable bonds is 6. The third kappa shape index (κ3) is 3.92. The highest BCUT2D eigenvalue weighted by atomic mass is 19.1. The van der Waals surface area contributed by atoms with E-state index in [2.05, 4.69) is 19.9 Å². The fourth-order valence-electron chi connectivity index (χ4n) is 5.49. The first-order chi connectivity index (χ1) is 14.8. The maximum absolute atomic E-state index is 13.4. The average molecular weight is 428 g/mol. The number of nitrogens with zero attached hydrogens (tertiary/aromatic N) is 4. The van der Waals surface area contributed by atoms with E-state index in [4.69, 9.17) is 5.73 Å². The summed E-state index contributed by atoms with van der Waals surface area (Å²) in [7, 11) is 0. The Morgan fingerprint density at radius 1 is 1.32 bits per heavy atom. The zero-order chi connectivity index (χ0) is 22.3. The van der Waals surface area contributed by atoms with Gasteiger partial charge in [-0.1, -0.05) is 26.0 Å². The summed E-state index contributed by atoms with van der Waals surface area (Å²) in [4.78, 5) is 31.6. The van der Waals surface area contributed by atoms with Crippen molar-refractivity contribution in [2.75, 3.05) is 19.6 Å². The van der Waals surface area contributed by atoms with Gasteiger partial charge in [0.1, 0.15) is 11.9 Å². The number of piperazine rings is 1. The smallest absolute Gasteiger partial charge is 0.241 e. The van der Waals surface area contributed by atoms with E-state index in [0.29, 0.717) is 32.5 Å². The molecule has 8 heteroatoms. The molecule has 0 spiro atoms. The SMILES string of the molecule is CC(C)[C@H](c1ccc(F)cc1)N1C(=O)[C@H]2CC1CN2C[C@H](N)C(=O)N1CCC[C@H]1C#N. The van der Waals surface area contributed by atoms with Crippen molar-refractivity contribution in [2.24, 2.45) is 11.7 Å². The van der Waals surface area contributed by atoms with Crippen LogP contribution >= 0.6 is 0 Å². The van der Waals surface area contributed by atoms with Crippen LogP contribution in [-0.4, -0.2) is 70.3 Å². The number of hydrogen-bond donors (Lipinski definition) is 1. The van der Waals surface area contributed by atoms with E-state index < -0.39 is 12.1 Å². The molecule has 1 aromatic rings. The van der Waals surface area contributed by atoms with Crippen molar-refractivity contribution >= 4 is 11.8 Å². The van der Waals surface area contributed by atoms with Crippen molar-refractivity contribution in [3.05, 3.63) is 35.6 Å². The quantitative estimate of drug-likeness (QED) is 0.745. The Bertz CT molecular complexity index is 883. The highest BCUT2D eigenvalue weighted by molar-refractivity contribution is 5.87. The summed E-state index contributed by atoms with van der Waals surface area (Å²) >= 11 is 0. The number of nitrogens with two attached hydrogens (primary N) is 1. The van der Waals surface area contributed by atoms with Gasteiger partial charge in [0.15, 0.2) is 0 Å². The zero-order valence-electron chi connectivity index (χ0n) is 18.1. The highest BCUT2D eigenvalue weighted by Crippen LogP contribution is 2.41. The molecule has 3 heterocycles. The second kappa shape index (κ2) is 8.56. The van der Waals surface area contributed by atoms with Gasteiger partial charge in [-0.25, -0.2) is 4.39 Å². The summed E-state index contributed by atoms with van der Waals surface area (Å²) in [6.45, 7) is 5.69. The second-order valence-electron chi connectivity index (χ2n) is 9.27. The Balaban J connectivity index is 1.44. The Kier molecular flexibility index (Phi) is 6.00. The van der Waals surface area contributed by atoms with Crippen molar-refractivity contribution in [1.29, 1.82) is 5.26 Å². The first kappa shape index (κ1) is 21.7. The first-order valence-corrected chi connectivity index (χ1v) is 11.1. The van der Waals surface area contributed by atoms with E-state index in [1.165, 1.54) is 12.1 Å². The van der Waals surface area contributed by atoms with E-state index in [1.807, 2.05) is 9.80 Å². The Morgan fingerprint density at radius 3 is 2.65 bits per heavy atom. The van der Waals surface area contributed by atoms with Crippen LogP contribution in [0.25, 0.3) is 0 Å². The van der Waals surface area contributed by atoms with Crippen LogP contribution in [0.3, 0.4) is 0 Å². The molecule has 166 valence electrons. The molecule has 0 aliphatic carbocycles. The van der Waals surface area contributed by atoms with Crippen molar-refractivity contribution in [2.45, 2.75) is 63.3 Å². The molecule has 2 N–H and O–H groups in total. The lowest BCUT2D eigenvalue weighted by Crippen LogP contribution is -2.57. The van der Waals surface area contributed by atoms with Crippen LogP contribution in [-0.2, 0) is 9.59 Å². The van der Waals surface area contributed by atoms with Gasteiger partial charge in [-0.05, 0) is 42.9 Å². The number of fused-ring (bicyclic) bond motifs is 2. The molecule has 5 atom stereocenters. The van der Waals surface area contributed by atoms with E-state index >= 15 is 0 Å². The van der Waals surface area contributed by atoms with Crippen LogP contribution in [0.5, 0.6) is 0 Å². The van der Waals surface area contributed by atoms with Gasteiger partial charge in [0.05, 0.1) is 24.2 Å². The minimum absolute atomic E-state index is 0.0509. The molecule has 1 unspecified atom stereocenters. The predicted molar refractivity (Wildman–Crippen MR) is 113 cm³/mol. The lowest BCUT2D eigenvalue weighted by molar-refractivity contribution is -0.142. The van der Waals surface area contributed by atoms with Crippen LogP contribution in [0.1, 0.15) is 44.7 Å². The lowest BCUT2D eigenvalue weighted by Gasteiger charge is -2.41. The summed E-state index contributed by atoms with van der Waals surface area (Å²) in [5, 5.41) is 9.24. The summed E-state index contributed by atoms with van der Waals surface area (Å²) in [6.07, 6.45) is 2.23. The molecule has 4 rings (SSSR count). The normalized spacial score (nSPS) is 27.7. The maximum Gasteiger partial charge on any atom is 0.241 e. The number of carbonyl (C=O) groups excluding carboxylic acids is 2. The van der Waals surface area contributed by atoms with Gasteiger partial charge < -0.3 is 15.5 Å². The average Bonchev–Trinajstić information content (AvgIpc) is 3.44. The molecule has 7 nitrogen and oxygen atoms in total. The molecular weight excluding hydrogens is 397 g/mol. The number of benzene rings is 1. The van der Waals surface area contributed by atoms with E-state index in [9.17, 15) is 19.2 Å². The Morgan fingerprint density at radius 2 is 2.03 bits per heavy atom. The number of carbonyl (C=O) groups is 2. The molecule has 3 aliphatic rings. The molecule has 3 fully saturated rings. The fourth-order valence-corrected chi connectivity index (χ4v) is 5.49. The van der Waals surface area contributed by atoms with Gasteiger partial charge >= 0.3 is 0 Å². The number of hydrogen-bond acceptors (Lipinski definition) is 5. The zero-order valence-corrected chi connectivity index (χ0v) is 18.1. The molecule has 1 aromatic carbocycles. The standard InChI is InChI=1S/C23H30FN5O2/c1-14(2)21(15-5-7-16(24)8-6-15)29-18-10-20(23(29)31)27(12-18)13-19(26)22(30)28-9-3-4-17(28)11-25/h5-8,14,17-21H,3-4,9-10,12-13,26H2,1-2H3/t17-,18?,19-,20+,21+/m0/s1. The van der Waals surface area contributed by atoms with E-state index in [0.717, 1.165) is 12.0 Å². The minimum Gasteiger partial charge on any atom is -0.330 e. The summed E-state index contributed by atoms with van der Waals surface area (Å²) in [6, 6.07) is 7.09.